The first-order chi connectivity index (χ1) is 20.3. The van der Waals surface area contributed by atoms with Crippen LogP contribution in [-0.4, -0.2) is 83.5 Å². The molecule has 0 radical (unpaired) electrons. The summed E-state index contributed by atoms with van der Waals surface area (Å²) in [5, 5.41) is 18.1. The molecule has 2 aromatic carbocycles. The van der Waals surface area contributed by atoms with Crippen molar-refractivity contribution < 1.29 is 19.5 Å². The zero-order valence-corrected chi connectivity index (χ0v) is 26.7. The molecule has 3 amide bonds. The van der Waals surface area contributed by atoms with Gasteiger partial charge in [0.15, 0.2) is 0 Å². The average Bonchev–Trinajstić information content (AvgIpc) is 2.95. The van der Waals surface area contributed by atoms with Gasteiger partial charge in [0.1, 0.15) is 0 Å². The number of likely N-dealkylation sites (tertiary alicyclic amines) is 1. The first-order valence-electron chi connectivity index (χ1n) is 15.7. The van der Waals surface area contributed by atoms with E-state index in [1.165, 1.54) is 17.7 Å². The van der Waals surface area contributed by atoms with Gasteiger partial charge >= 0.3 is 0 Å². The minimum absolute atomic E-state index is 0.00497. The Morgan fingerprint density at radius 3 is 2.35 bits per heavy atom. The Morgan fingerprint density at radius 2 is 1.70 bits per heavy atom. The van der Waals surface area contributed by atoms with Gasteiger partial charge < -0.3 is 20.6 Å². The molecular weight excluding hydrogens is 540 g/mol. The van der Waals surface area contributed by atoms with Crippen molar-refractivity contribution in [1.29, 1.82) is 0 Å². The van der Waals surface area contributed by atoms with Gasteiger partial charge in [-0.3, -0.25) is 19.3 Å². The summed E-state index contributed by atoms with van der Waals surface area (Å²) in [6.45, 7) is 8.86. The summed E-state index contributed by atoms with van der Waals surface area (Å²) in [6.07, 6.45) is 5.03. The van der Waals surface area contributed by atoms with Crippen molar-refractivity contribution in [3.05, 3.63) is 70.8 Å². The highest BCUT2D eigenvalue weighted by Gasteiger charge is 2.41. The van der Waals surface area contributed by atoms with Gasteiger partial charge in [0, 0.05) is 43.9 Å². The van der Waals surface area contributed by atoms with Crippen molar-refractivity contribution in [1.82, 2.24) is 20.4 Å². The highest BCUT2D eigenvalue weighted by atomic mass is 16.3. The lowest BCUT2D eigenvalue weighted by Gasteiger charge is -2.47. The number of carbonyl (C=O) groups excluding carboxylic acids is 3. The molecule has 1 saturated carbocycles. The first-order valence-corrected chi connectivity index (χ1v) is 15.7. The van der Waals surface area contributed by atoms with Crippen LogP contribution in [0.4, 0.5) is 0 Å². The Morgan fingerprint density at radius 1 is 1.02 bits per heavy atom. The van der Waals surface area contributed by atoms with E-state index in [0.717, 1.165) is 36.9 Å². The largest absolute Gasteiger partial charge is 0.390 e. The Hall–Kier alpha value is -3.23. The number of aliphatic hydroxyl groups is 1. The molecule has 234 valence electrons. The van der Waals surface area contributed by atoms with Gasteiger partial charge in [-0.05, 0) is 82.1 Å². The van der Waals surface area contributed by atoms with Crippen molar-refractivity contribution in [2.45, 2.75) is 89.9 Å². The van der Waals surface area contributed by atoms with E-state index >= 15 is 0 Å². The topological polar surface area (TPSA) is 102 Å². The van der Waals surface area contributed by atoms with E-state index in [9.17, 15) is 19.5 Å². The van der Waals surface area contributed by atoms with Gasteiger partial charge in [0.25, 0.3) is 11.8 Å². The van der Waals surface area contributed by atoms with Crippen LogP contribution in [-0.2, 0) is 11.2 Å². The number of rotatable bonds is 9. The number of nitrogens with zero attached hydrogens (tertiary/aromatic N) is 2. The number of benzene rings is 2. The lowest BCUT2D eigenvalue weighted by molar-refractivity contribution is -0.132. The minimum Gasteiger partial charge on any atom is -0.390 e. The number of β-amino-alcohol motifs (C(OH)–C–C–N with tert-alkyl or cyclic N) is 1. The molecule has 2 aromatic rings. The molecule has 5 atom stereocenters. The van der Waals surface area contributed by atoms with E-state index in [2.05, 4.69) is 15.5 Å². The van der Waals surface area contributed by atoms with Gasteiger partial charge in [0.2, 0.25) is 5.91 Å². The maximum absolute atomic E-state index is 13.7. The fourth-order valence-electron chi connectivity index (χ4n) is 6.65. The third-order valence-corrected chi connectivity index (χ3v) is 8.94. The number of nitrogens with one attached hydrogen (secondary N) is 2. The summed E-state index contributed by atoms with van der Waals surface area (Å²) in [7, 11) is 3.36. The monoisotopic (exact) mass is 590 g/mol. The number of piperidine rings is 1. The first kappa shape index (κ1) is 32.7. The van der Waals surface area contributed by atoms with E-state index in [-0.39, 0.29) is 35.8 Å². The van der Waals surface area contributed by atoms with Crippen molar-refractivity contribution in [2.75, 3.05) is 27.2 Å². The SMILES string of the molecule is Cc1ccc(C(=O)N(C)C)cc1C(=O)N[C@@H](Cc1ccccc1)[C@@H](O)CN1C[C@H]2CCCC[C@H]2C[C@H]1C(=O)NC(C)(C)C. The molecule has 0 spiro atoms. The lowest BCUT2D eigenvalue weighted by Crippen LogP contribution is -2.60. The van der Waals surface area contributed by atoms with E-state index in [1.54, 1.807) is 32.3 Å². The van der Waals surface area contributed by atoms with Crippen LogP contribution < -0.4 is 10.6 Å². The molecular formula is C35H50N4O4. The Bertz CT molecular complexity index is 1270. The number of hydrogen-bond donors (Lipinski definition) is 3. The van der Waals surface area contributed by atoms with Crippen LogP contribution in [0.5, 0.6) is 0 Å². The summed E-state index contributed by atoms with van der Waals surface area (Å²) in [4.78, 5) is 43.5. The minimum atomic E-state index is -0.916. The molecule has 2 aliphatic rings. The quantitative estimate of drug-likeness (QED) is 0.407. The molecule has 0 aromatic heterocycles. The maximum Gasteiger partial charge on any atom is 0.253 e. The summed E-state index contributed by atoms with van der Waals surface area (Å²) in [5.41, 5.74) is 2.23. The van der Waals surface area contributed by atoms with Crippen LogP contribution in [0.15, 0.2) is 48.5 Å². The van der Waals surface area contributed by atoms with E-state index in [1.807, 2.05) is 58.0 Å². The third-order valence-electron chi connectivity index (χ3n) is 8.94. The molecule has 0 unspecified atom stereocenters. The predicted octanol–water partition coefficient (Wildman–Crippen LogP) is 4.19. The third kappa shape index (κ3) is 8.67. The van der Waals surface area contributed by atoms with Crippen LogP contribution in [0.3, 0.4) is 0 Å². The molecule has 43 heavy (non-hydrogen) atoms. The van der Waals surface area contributed by atoms with Gasteiger partial charge in [-0.15, -0.1) is 0 Å². The molecule has 1 aliphatic heterocycles. The summed E-state index contributed by atoms with van der Waals surface area (Å²) < 4.78 is 0. The van der Waals surface area contributed by atoms with Crippen LogP contribution in [0, 0.1) is 18.8 Å². The normalized spacial score (nSPS) is 22.2. The zero-order chi connectivity index (χ0) is 31.3. The lowest BCUT2D eigenvalue weighted by atomic mass is 9.72. The summed E-state index contributed by atoms with van der Waals surface area (Å²) in [5.74, 6) is 0.532. The summed E-state index contributed by atoms with van der Waals surface area (Å²) in [6, 6.07) is 14.0. The van der Waals surface area contributed by atoms with Crippen molar-refractivity contribution in [2.24, 2.45) is 11.8 Å². The fourth-order valence-corrected chi connectivity index (χ4v) is 6.65. The van der Waals surface area contributed by atoms with E-state index < -0.39 is 12.1 Å². The Balaban J connectivity index is 1.58. The van der Waals surface area contributed by atoms with Gasteiger partial charge in [-0.2, -0.15) is 0 Å². The molecule has 3 N–H and O–H groups in total. The number of hydrogen-bond acceptors (Lipinski definition) is 5. The molecule has 2 fully saturated rings. The predicted molar refractivity (Wildman–Crippen MR) is 170 cm³/mol. The van der Waals surface area contributed by atoms with Crippen LogP contribution >= 0.6 is 0 Å². The smallest absolute Gasteiger partial charge is 0.253 e. The number of carbonyl (C=O) groups is 3. The Kier molecular flexibility index (Phi) is 10.7. The van der Waals surface area contributed by atoms with Crippen LogP contribution in [0.1, 0.15) is 84.7 Å². The van der Waals surface area contributed by atoms with Crippen molar-refractivity contribution in [3.8, 4) is 0 Å². The summed E-state index contributed by atoms with van der Waals surface area (Å²) >= 11 is 0. The second-order valence-electron chi connectivity index (χ2n) is 13.8. The molecule has 1 aliphatic carbocycles. The number of aliphatic hydroxyl groups excluding tert-OH is 1. The van der Waals surface area contributed by atoms with E-state index in [0.29, 0.717) is 29.4 Å². The molecule has 8 heteroatoms. The van der Waals surface area contributed by atoms with Crippen molar-refractivity contribution in [3.63, 3.8) is 0 Å². The molecule has 1 heterocycles. The molecule has 0 bridgehead atoms. The highest BCUT2D eigenvalue weighted by molar-refractivity contribution is 6.00. The van der Waals surface area contributed by atoms with Gasteiger partial charge in [-0.25, -0.2) is 0 Å². The average molecular weight is 591 g/mol. The van der Waals surface area contributed by atoms with Crippen LogP contribution in [0.2, 0.25) is 0 Å². The van der Waals surface area contributed by atoms with Gasteiger partial charge in [0.05, 0.1) is 18.2 Å². The van der Waals surface area contributed by atoms with E-state index in [4.69, 9.17) is 0 Å². The van der Waals surface area contributed by atoms with Crippen LogP contribution in [0.25, 0.3) is 0 Å². The number of aryl methyl sites for hydroxylation is 1. The maximum atomic E-state index is 13.7. The highest BCUT2D eigenvalue weighted by Crippen LogP contribution is 2.39. The fraction of sp³-hybridized carbons (Fsp3) is 0.571. The van der Waals surface area contributed by atoms with Crippen molar-refractivity contribution >= 4 is 17.7 Å². The zero-order valence-electron chi connectivity index (χ0n) is 26.7. The standard InChI is InChI=1S/C35H50N4O4/c1-23-16-17-26(34(43)38(5)6)19-28(23)32(41)36-29(18-24-12-8-7-9-13-24)31(40)22-39-21-27-15-11-10-14-25(27)20-30(39)33(42)37-35(2,3)4/h7-9,12-13,16-17,19,25,27,29-31,40H,10-11,14-15,18,20-22H2,1-6H3,(H,36,41)(H,37,42)/t25-,27+,29-,30-,31-/m0/s1. The second-order valence-corrected chi connectivity index (χ2v) is 13.8. The number of fused-ring (bicyclic) bond motifs is 1. The molecule has 8 nitrogen and oxygen atoms in total. The number of amides is 3. The second kappa shape index (κ2) is 14.0. The van der Waals surface area contributed by atoms with Gasteiger partial charge in [-0.1, -0.05) is 55.7 Å². The molecule has 4 rings (SSSR count). The molecule has 1 saturated heterocycles. The Labute approximate surface area is 257 Å².